The number of anilines is 1. The molecule has 0 aliphatic rings. The summed E-state index contributed by atoms with van der Waals surface area (Å²) in [5, 5.41) is 25.5. The number of rotatable bonds is 3. The minimum atomic E-state index is -1.27. The monoisotopic (exact) mass is 232 g/mol. The number of halogens is 2. The summed E-state index contributed by atoms with van der Waals surface area (Å²) < 4.78 is 26.9. The van der Waals surface area contributed by atoms with E-state index in [1.807, 2.05) is 0 Å². The number of hydrogen-bond donors (Lipinski definition) is 0. The highest BCUT2D eigenvalue weighted by Crippen LogP contribution is 2.23. The average Bonchev–Trinajstić information content (AvgIpc) is 2.32. The predicted octanol–water partition coefficient (Wildman–Crippen LogP) is 1.69. The van der Waals surface area contributed by atoms with E-state index in [2.05, 4.69) is 0 Å². The lowest BCUT2D eigenvalue weighted by atomic mass is 10.2. The zero-order valence-electron chi connectivity index (χ0n) is 8.61. The van der Waals surface area contributed by atoms with Gasteiger partial charge in [-0.25, -0.2) is 8.78 Å². The van der Waals surface area contributed by atoms with E-state index < -0.39 is 17.2 Å². The molecule has 0 atom stereocenters. The highest BCUT2D eigenvalue weighted by Gasteiger charge is 2.17. The zero-order valence-corrected chi connectivity index (χ0v) is 8.61. The maximum absolute atomic E-state index is 13.6. The van der Waals surface area contributed by atoms with Crippen molar-refractivity contribution in [2.24, 2.45) is 0 Å². The van der Waals surface area contributed by atoms with Crippen molar-refractivity contribution < 1.29 is 8.78 Å². The molecule has 0 amide bonds. The molecular weight excluding hydrogens is 226 g/mol. The van der Waals surface area contributed by atoms with Crippen LogP contribution in [-0.2, 0) is 0 Å². The molecule has 4 nitrogen and oxygen atoms in total. The Kier molecular flexibility index (Phi) is 3.97. The summed E-state index contributed by atoms with van der Waals surface area (Å²) in [4.78, 5) is 1.08. The summed E-state index contributed by atoms with van der Waals surface area (Å²) in [7, 11) is 0. The van der Waals surface area contributed by atoms with Crippen LogP contribution in [0.4, 0.5) is 14.5 Å². The SMILES string of the molecule is N#CCN(CC#N)c1ccc(C#N)c(F)c1F. The molecular formula is C11H6F2N4. The quantitative estimate of drug-likeness (QED) is 0.743. The van der Waals surface area contributed by atoms with Gasteiger partial charge in [0.15, 0.2) is 11.6 Å². The third-order valence-corrected chi connectivity index (χ3v) is 2.05. The zero-order chi connectivity index (χ0) is 12.8. The van der Waals surface area contributed by atoms with E-state index in [1.165, 1.54) is 12.1 Å². The van der Waals surface area contributed by atoms with Crippen molar-refractivity contribution in [3.63, 3.8) is 0 Å². The fourth-order valence-electron chi connectivity index (χ4n) is 1.27. The molecule has 1 rings (SSSR count). The third kappa shape index (κ3) is 2.48. The third-order valence-electron chi connectivity index (χ3n) is 2.05. The summed E-state index contributed by atoms with van der Waals surface area (Å²) in [5.74, 6) is -2.50. The largest absolute Gasteiger partial charge is 0.342 e. The maximum atomic E-state index is 13.6. The molecule has 0 aliphatic heterocycles. The van der Waals surface area contributed by atoms with E-state index in [9.17, 15) is 8.78 Å². The molecule has 0 bridgehead atoms. The first-order chi connectivity index (χ1) is 8.15. The summed E-state index contributed by atoms with van der Waals surface area (Å²) in [6.45, 7) is -0.481. The van der Waals surface area contributed by atoms with Crippen molar-refractivity contribution in [1.29, 1.82) is 15.8 Å². The molecule has 0 spiro atoms. The van der Waals surface area contributed by atoms with Crippen LogP contribution in [0.1, 0.15) is 5.56 Å². The molecule has 1 aromatic carbocycles. The van der Waals surface area contributed by atoms with Gasteiger partial charge in [-0.05, 0) is 12.1 Å². The number of hydrogen-bond acceptors (Lipinski definition) is 4. The minimum absolute atomic E-state index is 0.204. The Bertz CT molecular complexity index is 532. The van der Waals surface area contributed by atoms with Gasteiger partial charge in [0.1, 0.15) is 19.2 Å². The van der Waals surface area contributed by atoms with E-state index in [1.54, 1.807) is 12.1 Å². The Hall–Kier alpha value is -2.65. The van der Waals surface area contributed by atoms with Gasteiger partial charge in [0.25, 0.3) is 0 Å². The number of benzene rings is 1. The van der Waals surface area contributed by atoms with E-state index in [0.29, 0.717) is 0 Å². The van der Waals surface area contributed by atoms with Crippen LogP contribution in [0.5, 0.6) is 0 Å². The van der Waals surface area contributed by atoms with Crippen LogP contribution in [0.3, 0.4) is 0 Å². The van der Waals surface area contributed by atoms with Crippen molar-refractivity contribution in [2.75, 3.05) is 18.0 Å². The Labute approximate surface area is 96.5 Å². The molecule has 0 saturated carbocycles. The van der Waals surface area contributed by atoms with Crippen LogP contribution >= 0.6 is 0 Å². The fraction of sp³-hybridized carbons (Fsp3) is 0.182. The topological polar surface area (TPSA) is 74.6 Å². The van der Waals surface area contributed by atoms with Crippen molar-refractivity contribution in [3.05, 3.63) is 29.3 Å². The van der Waals surface area contributed by atoms with Gasteiger partial charge < -0.3 is 4.90 Å². The van der Waals surface area contributed by atoms with Crippen molar-refractivity contribution in [3.8, 4) is 18.2 Å². The maximum Gasteiger partial charge on any atom is 0.183 e. The van der Waals surface area contributed by atoms with Gasteiger partial charge in [-0.2, -0.15) is 15.8 Å². The van der Waals surface area contributed by atoms with E-state index >= 15 is 0 Å². The average molecular weight is 232 g/mol. The van der Waals surface area contributed by atoms with Gasteiger partial charge >= 0.3 is 0 Å². The minimum Gasteiger partial charge on any atom is -0.342 e. The molecule has 0 fully saturated rings. The van der Waals surface area contributed by atoms with Crippen LogP contribution in [0, 0.1) is 45.6 Å². The second-order valence-electron chi connectivity index (χ2n) is 3.04. The van der Waals surface area contributed by atoms with Crippen LogP contribution in [0.15, 0.2) is 12.1 Å². The molecule has 17 heavy (non-hydrogen) atoms. The molecule has 0 radical (unpaired) electrons. The Morgan fingerprint density at radius 3 is 2.06 bits per heavy atom. The Morgan fingerprint density at radius 2 is 1.59 bits per heavy atom. The summed E-state index contributed by atoms with van der Waals surface area (Å²) in [5.41, 5.74) is -0.621. The highest BCUT2D eigenvalue weighted by atomic mass is 19.2. The lowest BCUT2D eigenvalue weighted by Crippen LogP contribution is -2.25. The predicted molar refractivity (Wildman–Crippen MR) is 54.5 cm³/mol. The normalized spacial score (nSPS) is 8.88. The lowest BCUT2D eigenvalue weighted by molar-refractivity contribution is 0.505. The van der Waals surface area contributed by atoms with Crippen LogP contribution in [0.25, 0.3) is 0 Å². The number of nitriles is 3. The number of nitrogens with zero attached hydrogens (tertiary/aromatic N) is 4. The molecule has 84 valence electrons. The van der Waals surface area contributed by atoms with Gasteiger partial charge in [-0.3, -0.25) is 0 Å². The van der Waals surface area contributed by atoms with Crippen LogP contribution in [0.2, 0.25) is 0 Å². The van der Waals surface area contributed by atoms with E-state index in [-0.39, 0.29) is 18.8 Å². The Balaban J connectivity index is 3.24. The van der Waals surface area contributed by atoms with Gasteiger partial charge in [0.05, 0.1) is 23.4 Å². The smallest absolute Gasteiger partial charge is 0.183 e. The second kappa shape index (κ2) is 5.44. The van der Waals surface area contributed by atoms with Gasteiger partial charge in [-0.15, -0.1) is 0 Å². The van der Waals surface area contributed by atoms with E-state index in [4.69, 9.17) is 15.8 Å². The van der Waals surface area contributed by atoms with Crippen molar-refractivity contribution >= 4 is 5.69 Å². The molecule has 0 aliphatic carbocycles. The van der Waals surface area contributed by atoms with Gasteiger partial charge in [-0.1, -0.05) is 0 Å². The van der Waals surface area contributed by atoms with Crippen LogP contribution in [-0.4, -0.2) is 13.1 Å². The van der Waals surface area contributed by atoms with Crippen molar-refractivity contribution in [2.45, 2.75) is 0 Å². The fourth-order valence-corrected chi connectivity index (χ4v) is 1.27. The van der Waals surface area contributed by atoms with Gasteiger partial charge in [0.2, 0.25) is 0 Å². The molecule has 6 heteroatoms. The van der Waals surface area contributed by atoms with Gasteiger partial charge in [0, 0.05) is 0 Å². The van der Waals surface area contributed by atoms with E-state index in [0.717, 1.165) is 11.0 Å². The molecule has 1 aromatic rings. The molecule has 0 saturated heterocycles. The molecule has 0 unspecified atom stereocenters. The summed E-state index contributed by atoms with van der Waals surface area (Å²) in [6, 6.07) is 7.28. The van der Waals surface area contributed by atoms with Crippen LogP contribution < -0.4 is 4.90 Å². The summed E-state index contributed by atoms with van der Waals surface area (Å²) >= 11 is 0. The van der Waals surface area contributed by atoms with Crippen molar-refractivity contribution in [1.82, 2.24) is 0 Å². The highest BCUT2D eigenvalue weighted by molar-refractivity contribution is 5.53. The first kappa shape index (κ1) is 12.4. The molecule has 0 N–H and O–H groups in total. The lowest BCUT2D eigenvalue weighted by Gasteiger charge is -2.18. The Morgan fingerprint density at radius 1 is 1.00 bits per heavy atom. The first-order valence-corrected chi connectivity index (χ1v) is 4.52. The first-order valence-electron chi connectivity index (χ1n) is 4.52. The molecule has 0 aromatic heterocycles. The second-order valence-corrected chi connectivity index (χ2v) is 3.04. The summed E-state index contributed by atoms with van der Waals surface area (Å²) in [6.07, 6.45) is 0. The standard InChI is InChI=1S/C11H6F2N4/c12-10-8(7-16)1-2-9(11(10)13)17(5-3-14)6-4-15/h1-2H,5-6H2. The molecule has 0 heterocycles.